The fourth-order valence-corrected chi connectivity index (χ4v) is 8.50. The Labute approximate surface area is 378 Å². The molecule has 0 aromatic heterocycles. The molecule has 0 bridgehead atoms. The van der Waals surface area contributed by atoms with Crippen LogP contribution in [0.5, 0.6) is 0 Å². The van der Waals surface area contributed by atoms with Gasteiger partial charge in [0.05, 0.1) is 27.7 Å². The first-order chi connectivity index (χ1) is 29.5. The molecule has 364 valence electrons. The third kappa shape index (κ3) is 48.3. The fraction of sp³-hybridized carbons (Fsp3) is 0.961. The maximum Gasteiger partial charge on any atom is 0.306 e. The van der Waals surface area contributed by atoms with Crippen LogP contribution < -0.4 is 4.89 Å². The number of phosphoric ester groups is 1. The highest BCUT2D eigenvalue weighted by atomic mass is 31.2. The molecule has 0 aliphatic heterocycles. The number of phosphoric acid groups is 1. The van der Waals surface area contributed by atoms with Crippen molar-refractivity contribution < 1.29 is 42.1 Å². The third-order valence-corrected chi connectivity index (χ3v) is 12.8. The first-order valence-corrected chi connectivity index (χ1v) is 27.7. The second-order valence-corrected chi connectivity index (χ2v) is 20.7. The lowest BCUT2D eigenvalue weighted by Gasteiger charge is -2.28. The Morgan fingerprint density at radius 3 is 1.05 bits per heavy atom. The Bertz CT molecular complexity index is 1010. The third-order valence-electron chi connectivity index (χ3n) is 11.9. The van der Waals surface area contributed by atoms with Crippen LogP contribution in [0.4, 0.5) is 0 Å². The summed E-state index contributed by atoms with van der Waals surface area (Å²) in [4.78, 5) is 37.4. The number of hydrogen-bond donors (Lipinski definition) is 0. The zero-order chi connectivity index (χ0) is 45.0. The van der Waals surface area contributed by atoms with E-state index >= 15 is 0 Å². The van der Waals surface area contributed by atoms with Gasteiger partial charge in [-0.3, -0.25) is 14.2 Å². The molecule has 0 heterocycles. The summed E-state index contributed by atoms with van der Waals surface area (Å²) in [5, 5.41) is 0. The zero-order valence-electron chi connectivity index (χ0n) is 41.1. The maximum absolute atomic E-state index is 12.7. The molecule has 2 unspecified atom stereocenters. The molecular weight excluding hydrogens is 786 g/mol. The molecule has 2 atom stereocenters. The number of rotatable bonds is 49. The SMILES string of the molecule is CCCCCCCCCCCCCCCCCCCCCCCCCCCCCCCCC(=O)OC(COC(=O)CCCCCCCCC)COP(=O)([O-])OCC[N+](C)(C)C. The van der Waals surface area contributed by atoms with Crippen molar-refractivity contribution >= 4 is 19.8 Å². The van der Waals surface area contributed by atoms with Gasteiger partial charge >= 0.3 is 11.9 Å². The minimum atomic E-state index is -4.61. The van der Waals surface area contributed by atoms with E-state index in [-0.39, 0.29) is 32.0 Å². The van der Waals surface area contributed by atoms with Gasteiger partial charge in [0.1, 0.15) is 19.8 Å². The minimum Gasteiger partial charge on any atom is -0.756 e. The molecule has 0 amide bonds. The minimum absolute atomic E-state index is 0.0259. The van der Waals surface area contributed by atoms with E-state index in [1.54, 1.807) is 0 Å². The maximum atomic E-state index is 12.7. The molecule has 0 aromatic rings. The standard InChI is InChI=1S/C51H102NO8P/c1-6-8-10-12-14-15-16-17-18-19-20-21-22-23-24-25-26-27-28-29-30-31-32-33-34-35-36-38-40-42-44-51(54)60-49(48-59-61(55,56)58-46-45-52(3,4)5)47-57-50(53)43-41-39-37-13-11-9-7-2/h49H,6-48H2,1-5H3. The van der Waals surface area contributed by atoms with Crippen LogP contribution in [-0.2, 0) is 32.7 Å². The van der Waals surface area contributed by atoms with E-state index in [0.29, 0.717) is 17.4 Å². The lowest BCUT2D eigenvalue weighted by atomic mass is 10.0. The van der Waals surface area contributed by atoms with E-state index in [2.05, 4.69) is 13.8 Å². The molecule has 0 rings (SSSR count). The summed E-state index contributed by atoms with van der Waals surface area (Å²) < 4.78 is 33.9. The molecular formula is C51H102NO8P. The normalized spacial score (nSPS) is 13.3. The number of carbonyl (C=O) groups is 2. The van der Waals surface area contributed by atoms with Gasteiger partial charge in [0.2, 0.25) is 0 Å². The average molecular weight is 888 g/mol. The molecule has 0 aliphatic carbocycles. The van der Waals surface area contributed by atoms with Gasteiger partial charge in [0, 0.05) is 12.8 Å². The van der Waals surface area contributed by atoms with Crippen LogP contribution >= 0.6 is 7.82 Å². The van der Waals surface area contributed by atoms with Gasteiger partial charge in [0.25, 0.3) is 7.82 Å². The van der Waals surface area contributed by atoms with Gasteiger partial charge in [-0.15, -0.1) is 0 Å². The number of unbranched alkanes of at least 4 members (excludes halogenated alkanes) is 35. The van der Waals surface area contributed by atoms with Crippen molar-refractivity contribution in [3.8, 4) is 0 Å². The molecule has 10 heteroatoms. The van der Waals surface area contributed by atoms with Gasteiger partial charge in [0.15, 0.2) is 6.10 Å². The second kappa shape index (κ2) is 44.2. The zero-order valence-corrected chi connectivity index (χ0v) is 42.0. The van der Waals surface area contributed by atoms with Gasteiger partial charge in [-0.2, -0.15) is 0 Å². The predicted octanol–water partition coefficient (Wildman–Crippen LogP) is 14.9. The molecule has 0 saturated heterocycles. The molecule has 9 nitrogen and oxygen atoms in total. The first-order valence-electron chi connectivity index (χ1n) is 26.2. The Morgan fingerprint density at radius 1 is 0.443 bits per heavy atom. The van der Waals surface area contributed by atoms with Crippen molar-refractivity contribution in [3.05, 3.63) is 0 Å². The van der Waals surface area contributed by atoms with Crippen LogP contribution in [0.2, 0.25) is 0 Å². The van der Waals surface area contributed by atoms with Crippen LogP contribution in [0, 0.1) is 0 Å². The molecule has 0 fully saturated rings. The summed E-state index contributed by atoms with van der Waals surface area (Å²) in [6, 6.07) is 0. The van der Waals surface area contributed by atoms with E-state index in [0.717, 1.165) is 32.1 Å². The van der Waals surface area contributed by atoms with Gasteiger partial charge in [-0.25, -0.2) is 0 Å². The van der Waals surface area contributed by atoms with Crippen LogP contribution in [-0.4, -0.2) is 70.0 Å². The molecule has 0 aliphatic rings. The van der Waals surface area contributed by atoms with Gasteiger partial charge in [-0.1, -0.05) is 239 Å². The quantitative estimate of drug-likeness (QED) is 0.0257. The van der Waals surface area contributed by atoms with Crippen molar-refractivity contribution in [2.75, 3.05) is 47.5 Å². The van der Waals surface area contributed by atoms with Gasteiger partial charge < -0.3 is 27.9 Å². The van der Waals surface area contributed by atoms with E-state index in [1.807, 2.05) is 21.1 Å². The monoisotopic (exact) mass is 888 g/mol. The van der Waals surface area contributed by atoms with Gasteiger partial charge in [-0.05, 0) is 12.8 Å². The summed E-state index contributed by atoms with van der Waals surface area (Å²) in [6.45, 7) is 4.22. The van der Waals surface area contributed by atoms with E-state index in [1.165, 1.54) is 199 Å². The number of carbonyl (C=O) groups excluding carboxylic acids is 2. The van der Waals surface area contributed by atoms with Crippen molar-refractivity contribution in [2.24, 2.45) is 0 Å². The average Bonchev–Trinajstić information content (AvgIpc) is 3.21. The van der Waals surface area contributed by atoms with E-state index < -0.39 is 26.5 Å². The highest BCUT2D eigenvalue weighted by molar-refractivity contribution is 7.45. The lowest BCUT2D eigenvalue weighted by molar-refractivity contribution is -0.870. The predicted molar refractivity (Wildman–Crippen MR) is 255 cm³/mol. The Morgan fingerprint density at radius 2 is 0.738 bits per heavy atom. The number of hydrogen-bond acceptors (Lipinski definition) is 8. The molecule has 61 heavy (non-hydrogen) atoms. The lowest BCUT2D eigenvalue weighted by Crippen LogP contribution is -2.37. The van der Waals surface area contributed by atoms with Crippen LogP contribution in [0.3, 0.4) is 0 Å². The van der Waals surface area contributed by atoms with Crippen LogP contribution in [0.1, 0.15) is 264 Å². The highest BCUT2D eigenvalue weighted by Gasteiger charge is 2.21. The fourth-order valence-electron chi connectivity index (χ4n) is 7.78. The number of likely N-dealkylation sites (N-methyl/N-ethyl adjacent to an activating group) is 1. The van der Waals surface area contributed by atoms with Crippen molar-refractivity contribution in [1.82, 2.24) is 0 Å². The summed E-state index contributed by atoms with van der Waals surface area (Å²) in [7, 11) is 1.18. The molecule has 0 radical (unpaired) electrons. The van der Waals surface area contributed by atoms with Crippen LogP contribution in [0.25, 0.3) is 0 Å². The summed E-state index contributed by atoms with van der Waals surface area (Å²) >= 11 is 0. The smallest absolute Gasteiger partial charge is 0.306 e. The van der Waals surface area contributed by atoms with E-state index in [9.17, 15) is 19.0 Å². The van der Waals surface area contributed by atoms with E-state index in [4.69, 9.17) is 18.5 Å². The van der Waals surface area contributed by atoms with Crippen LogP contribution in [0.15, 0.2) is 0 Å². The second-order valence-electron chi connectivity index (χ2n) is 19.3. The molecule has 0 aromatic carbocycles. The summed E-state index contributed by atoms with van der Waals surface area (Å²) in [5.74, 6) is -0.825. The van der Waals surface area contributed by atoms with Crippen molar-refractivity contribution in [2.45, 2.75) is 270 Å². The molecule has 0 N–H and O–H groups in total. The summed E-state index contributed by atoms with van der Waals surface area (Å²) in [5.41, 5.74) is 0. The largest absolute Gasteiger partial charge is 0.756 e. The topological polar surface area (TPSA) is 111 Å². The highest BCUT2D eigenvalue weighted by Crippen LogP contribution is 2.38. The Balaban J connectivity index is 3.89. The van der Waals surface area contributed by atoms with Crippen molar-refractivity contribution in [3.63, 3.8) is 0 Å². The first kappa shape index (κ1) is 60.0. The molecule has 0 spiro atoms. The number of ether oxygens (including phenoxy) is 2. The number of esters is 2. The van der Waals surface area contributed by atoms with Crippen molar-refractivity contribution in [1.29, 1.82) is 0 Å². The number of nitrogens with zero attached hydrogens (tertiary/aromatic N) is 1. The number of quaternary nitrogens is 1. The Kier molecular flexibility index (Phi) is 43.5. The Hall–Kier alpha value is -0.990. The molecule has 0 saturated carbocycles. The summed E-state index contributed by atoms with van der Waals surface area (Å²) in [6.07, 6.45) is 47.6.